The second-order valence-corrected chi connectivity index (χ2v) is 33.3. The van der Waals surface area contributed by atoms with E-state index in [0.29, 0.717) is 45.6 Å². The van der Waals surface area contributed by atoms with Crippen molar-refractivity contribution in [2.75, 3.05) is 67.9 Å². The van der Waals surface area contributed by atoms with Crippen molar-refractivity contribution in [2.24, 2.45) is 4.99 Å². The van der Waals surface area contributed by atoms with Gasteiger partial charge in [-0.15, -0.1) is 57.1 Å². The summed E-state index contributed by atoms with van der Waals surface area (Å²) in [6, 6.07) is 83.0. The van der Waals surface area contributed by atoms with E-state index < -0.39 is 12.0 Å². The van der Waals surface area contributed by atoms with Crippen LogP contribution in [0.5, 0.6) is 23.0 Å². The molecule has 596 valence electrons. The maximum absolute atomic E-state index is 11.2. The van der Waals surface area contributed by atoms with Gasteiger partial charge < -0.3 is 45.8 Å². The maximum atomic E-state index is 11.2. The fourth-order valence-electron chi connectivity index (χ4n) is 12.6. The molecule has 0 spiro atoms. The number of hydrogen-bond acceptors (Lipinski definition) is 25. The van der Waals surface area contributed by atoms with E-state index in [1.165, 1.54) is 96.3 Å². The van der Waals surface area contributed by atoms with Gasteiger partial charge in [0.2, 0.25) is 0 Å². The predicted octanol–water partition coefficient (Wildman–Crippen LogP) is 12.8. The van der Waals surface area contributed by atoms with Gasteiger partial charge in [0.05, 0.1) is 40.9 Å². The summed E-state index contributed by atoms with van der Waals surface area (Å²) in [5.74, 6) is 2.15. The summed E-state index contributed by atoms with van der Waals surface area (Å²) in [7, 11) is 0. The van der Waals surface area contributed by atoms with Gasteiger partial charge in [-0.3, -0.25) is 19.6 Å². The molecule has 0 aliphatic carbocycles. The normalized spacial score (nSPS) is 13.5. The van der Waals surface area contributed by atoms with Gasteiger partial charge in [-0.25, -0.2) is 24.7 Å². The molecule has 0 amide bonds. The van der Waals surface area contributed by atoms with Crippen LogP contribution in [0.15, 0.2) is 236 Å². The van der Waals surface area contributed by atoms with Crippen LogP contribution in [0.4, 0.5) is 11.4 Å². The summed E-state index contributed by atoms with van der Waals surface area (Å²) in [5, 5.41) is 58.8. The number of benzene rings is 10. The van der Waals surface area contributed by atoms with Crippen molar-refractivity contribution in [1.29, 1.82) is 15.8 Å². The number of thioether (sulfide) groups is 1. The topological polar surface area (TPSA) is 283 Å². The van der Waals surface area contributed by atoms with Crippen LogP contribution >= 0.6 is 105 Å². The maximum Gasteiger partial charge on any atom is 1.00 e. The first-order valence-corrected chi connectivity index (χ1v) is 44.4. The molecule has 4 aromatic heterocycles. The average molecular weight is 1920 g/mol. The molecule has 2 N–H and O–H groups in total. The molecule has 119 heavy (non-hydrogen) atoms. The zero-order chi connectivity index (χ0) is 81.7. The number of aromatic nitrogens is 4. The number of carboxylic acid groups (broad SMARTS) is 1. The minimum Gasteiger partial charge on any atom is -1.00 e. The van der Waals surface area contributed by atoms with Crippen molar-refractivity contribution in [1.82, 2.24) is 29.7 Å². The number of anilines is 2. The number of nitriles is 3. The number of carbonyl (C=O) groups excluding carboxylic acids is 1. The van der Waals surface area contributed by atoms with Crippen LogP contribution in [-0.2, 0) is 63.4 Å². The molecule has 14 aromatic rings. The Balaban J connectivity index is 0.000000180. The molecule has 1 atom stereocenters. The number of halogens is 3. The van der Waals surface area contributed by atoms with Gasteiger partial charge in [-0.2, -0.15) is 15.8 Å². The average Bonchev–Trinajstić information content (AvgIpc) is 1.68. The Labute approximate surface area is 821 Å². The molecule has 21 nitrogen and oxygen atoms in total. The number of aliphatic imine (C=N–C) groups is 1. The van der Waals surface area contributed by atoms with Crippen LogP contribution in [0.1, 0.15) is 66.0 Å². The molecule has 0 unspecified atom stereocenters. The number of rotatable bonds is 21. The van der Waals surface area contributed by atoms with Gasteiger partial charge in [0.15, 0.2) is 21.1 Å². The summed E-state index contributed by atoms with van der Waals surface area (Å²) < 4.78 is 21.8. The number of nitrogens with zero attached hydrogens (tertiary/aromatic N) is 12. The van der Waals surface area contributed by atoms with Crippen LogP contribution < -0.4 is 132 Å². The van der Waals surface area contributed by atoms with Crippen LogP contribution in [0.25, 0.3) is 40.9 Å². The van der Waals surface area contributed by atoms with E-state index >= 15 is 0 Å². The first-order chi connectivity index (χ1) is 57.2. The van der Waals surface area contributed by atoms with Crippen molar-refractivity contribution in [2.45, 2.75) is 54.9 Å². The Morgan fingerprint density at radius 2 is 0.807 bits per heavy atom. The number of carboxylic acids is 1. The predicted molar refractivity (Wildman–Crippen MR) is 477 cm³/mol. The van der Waals surface area contributed by atoms with Crippen molar-refractivity contribution >= 4 is 175 Å². The first-order valence-electron chi connectivity index (χ1n) is 36.8. The zero-order valence-electron chi connectivity index (χ0n) is 65.9. The Morgan fingerprint density at radius 3 is 1.18 bits per heavy atom. The number of hydrogen-bond donors (Lipinski definition) is 2. The fraction of sp³-hybridized carbons (Fsp3) is 0.205. The summed E-state index contributed by atoms with van der Waals surface area (Å²) in [6.45, 7) is 11.7. The van der Waals surface area contributed by atoms with Crippen molar-refractivity contribution < 1.29 is 148 Å². The summed E-state index contributed by atoms with van der Waals surface area (Å²) in [6.07, 6.45) is 0. The molecule has 0 bridgehead atoms. The summed E-state index contributed by atoms with van der Waals surface area (Å²) in [5.41, 5.74) is 15.9. The molecular weight excluding hydrogens is 1850 g/mol. The molecule has 17 rings (SSSR count). The largest absolute Gasteiger partial charge is 1.00 e. The van der Waals surface area contributed by atoms with Gasteiger partial charge in [-0.1, -0.05) is 181 Å². The smallest absolute Gasteiger partial charge is 1.00 e. The molecule has 3 aliphatic heterocycles. The summed E-state index contributed by atoms with van der Waals surface area (Å²) >= 11 is 17.3. The first kappa shape index (κ1) is 93.8. The van der Waals surface area contributed by atoms with Gasteiger partial charge in [0.25, 0.3) is 6.47 Å². The molecule has 10 aromatic carbocycles. The monoisotopic (exact) mass is 1920 g/mol. The fourth-order valence-corrected chi connectivity index (χ4v) is 18.1. The molecule has 3 aliphatic rings. The number of fused-ring (bicyclic) bond motifs is 4. The SMILES string of the molecule is BrCc1cccc(CBr)c1.N#Cc1nc2ccc(O)cc2s1.N#Cc1nc2ccc(OCc3cccc(CBr)c3)cc2s1.N#Cc1nc2ccc(OCc3cccc(CN4CCN(c5ccccc5)CC4)c3)cc2s1.O=C(O)[C@H]1CSC(c2nc3ccc(OCc4cccc(CN5CCN(c6ccccc6)CC5)c4)cc3s2)=N1.O=CO[O-].[H-].[K+].[K+]. The van der Waals surface area contributed by atoms with E-state index in [0.717, 1.165) is 161 Å². The van der Waals surface area contributed by atoms with E-state index in [1.807, 2.05) is 72.8 Å². The minimum atomic E-state index is -0.890. The Morgan fingerprint density at radius 1 is 0.462 bits per heavy atom. The second kappa shape index (κ2) is 49.0. The van der Waals surface area contributed by atoms with Gasteiger partial charge in [-0.05, 0) is 142 Å². The Hall–Kier alpha value is -7.42. The second-order valence-electron chi connectivity index (χ2n) is 26.5. The van der Waals surface area contributed by atoms with Crippen molar-refractivity contribution in [3.8, 4) is 41.2 Å². The summed E-state index contributed by atoms with van der Waals surface area (Å²) in [4.78, 5) is 53.9. The zero-order valence-corrected chi connectivity index (χ0v) is 80.0. The minimum absolute atomic E-state index is 0. The number of alkyl halides is 3. The van der Waals surface area contributed by atoms with E-state index in [2.05, 4.69) is 255 Å². The Bertz CT molecular complexity index is 5810. The standard InChI is InChI=1S/C29H28N4O3S2.C26H24N4OS.C16H11BrN2OS.C8H8Br2.C8H4N2OS.CH2O3.2K.H/c34-29(35)25-19-37-27(31-25)28-30-24-10-9-23(16-26(24)38-28)36-18-21-6-4-5-20(15-21)17-32-11-13-33(14-12-32)22-7-2-1-3-8-22;27-17-26-28-24-10-9-23(16-25(24)32-26)31-19-21-6-4-5-20(15-21)18-29-11-13-30(14-12-29)22-7-2-1-3-8-22;17-8-11-2-1-3-12(6-11)10-20-13-4-5-14-15(7-13)21-16(9-18)19-14;9-5-7-2-1-3-8(4-7)6-10;9-4-8-10-6-2-1-5(11)3-7(6)12-8;2-1-4-3;;;/h1-10,15-16,25H,11-14,17-19H2,(H,34,35);1-10,15-16H,11-14,18-19H2;1-7H,8,10H2;1-4H,5-6H2;1-3,11H;1,3H;;;/q;;;;;;2*+1;-1/p-1/t25-;;;;;;;;/m1......../s1. The van der Waals surface area contributed by atoms with E-state index in [9.17, 15) is 9.90 Å². The van der Waals surface area contributed by atoms with Crippen molar-refractivity contribution in [3.63, 3.8) is 0 Å². The number of para-hydroxylation sites is 2. The van der Waals surface area contributed by atoms with Crippen LogP contribution in [0.3, 0.4) is 0 Å². The van der Waals surface area contributed by atoms with Crippen LogP contribution in [0, 0.1) is 34.0 Å². The van der Waals surface area contributed by atoms with Gasteiger partial charge >= 0.3 is 109 Å². The van der Waals surface area contributed by atoms with Crippen molar-refractivity contribution in [3.05, 3.63) is 295 Å². The quantitative estimate of drug-likeness (QED) is 0.0222. The van der Waals surface area contributed by atoms with E-state index in [1.54, 1.807) is 18.2 Å². The number of phenols is 1. The third-order valence-corrected chi connectivity index (χ3v) is 25.3. The number of aromatic hydroxyl groups is 1. The molecule has 0 saturated carbocycles. The number of phenolic OH excluding ortho intramolecular Hbond substituents is 1. The molecule has 0 radical (unpaired) electrons. The number of thiazole rings is 4. The molecule has 2 fully saturated rings. The number of ether oxygens (including phenoxy) is 3. The molecule has 7 heterocycles. The third-order valence-electron chi connectivity index (χ3n) is 18.3. The van der Waals surface area contributed by atoms with E-state index in [-0.39, 0.29) is 116 Å². The Kier molecular flexibility index (Phi) is 38.7. The number of piperazine rings is 2. The van der Waals surface area contributed by atoms with Gasteiger partial charge in [0, 0.05) is 98.6 Å². The third kappa shape index (κ3) is 28.6. The molecule has 2 saturated heterocycles. The molecular formula is C88H77Br3K2N12O9S5. The van der Waals surface area contributed by atoms with Crippen LogP contribution in [0.2, 0.25) is 0 Å². The molecule has 31 heteroatoms. The van der Waals surface area contributed by atoms with E-state index in [4.69, 9.17) is 45.2 Å². The number of aliphatic carboxylic acids is 1. The number of carbonyl (C=O) groups is 2. The van der Waals surface area contributed by atoms with Gasteiger partial charge in [0.1, 0.15) is 71.1 Å². The van der Waals surface area contributed by atoms with Crippen LogP contribution in [-0.4, -0.2) is 122 Å².